The van der Waals surface area contributed by atoms with Crippen molar-refractivity contribution in [3.8, 4) is 0 Å². The molecule has 1 atom stereocenters. The number of nitrogens with one attached hydrogen (secondary N) is 1. The van der Waals surface area contributed by atoms with E-state index in [2.05, 4.69) is 5.32 Å². The Morgan fingerprint density at radius 1 is 1.15 bits per heavy atom. The maximum atomic E-state index is 12.3. The highest BCUT2D eigenvalue weighted by atomic mass is 16.5. The fourth-order valence-electron chi connectivity index (χ4n) is 2.90. The summed E-state index contributed by atoms with van der Waals surface area (Å²) >= 11 is 0. The molecule has 1 N–H and O–H groups in total. The Morgan fingerprint density at radius 3 is 2.15 bits per heavy atom. The molecule has 1 saturated heterocycles. The Hall–Kier alpha value is -1.72. The monoisotopic (exact) mass is 274 g/mol. The second-order valence-corrected chi connectivity index (χ2v) is 6.27. The van der Waals surface area contributed by atoms with E-state index in [9.17, 15) is 9.59 Å². The summed E-state index contributed by atoms with van der Waals surface area (Å²) in [6.07, 6.45) is 0. The molecule has 2 amide bonds. The summed E-state index contributed by atoms with van der Waals surface area (Å²) < 4.78 is 5.76. The van der Waals surface area contributed by atoms with Crippen molar-refractivity contribution in [3.05, 3.63) is 35.4 Å². The van der Waals surface area contributed by atoms with Gasteiger partial charge in [0.15, 0.2) is 0 Å². The minimum absolute atomic E-state index is 0.159. The van der Waals surface area contributed by atoms with Crippen LogP contribution in [0.1, 0.15) is 41.5 Å². The first-order chi connectivity index (χ1) is 9.31. The number of benzene rings is 1. The summed E-state index contributed by atoms with van der Waals surface area (Å²) in [6.45, 7) is 6.68. The average molecular weight is 274 g/mol. The van der Waals surface area contributed by atoms with E-state index >= 15 is 0 Å². The van der Waals surface area contributed by atoms with Crippen LogP contribution in [0.15, 0.2) is 24.3 Å². The van der Waals surface area contributed by atoms with Crippen LogP contribution in [0.5, 0.6) is 0 Å². The van der Waals surface area contributed by atoms with E-state index in [4.69, 9.17) is 4.74 Å². The molecule has 5 nitrogen and oxygen atoms in total. The smallest absolute Gasteiger partial charge is 0.261 e. The average Bonchev–Trinajstić information content (AvgIpc) is 2.80. The van der Waals surface area contributed by atoms with Crippen LogP contribution in [0.2, 0.25) is 0 Å². The van der Waals surface area contributed by atoms with Crippen molar-refractivity contribution in [2.45, 2.75) is 32.0 Å². The summed E-state index contributed by atoms with van der Waals surface area (Å²) in [5.41, 5.74) is 0.0845. The van der Waals surface area contributed by atoms with Crippen molar-refractivity contribution in [2.24, 2.45) is 0 Å². The van der Waals surface area contributed by atoms with E-state index in [1.807, 2.05) is 20.8 Å². The van der Waals surface area contributed by atoms with Crippen LogP contribution in [0.4, 0.5) is 0 Å². The zero-order chi connectivity index (χ0) is 14.5. The minimum atomic E-state index is -0.698. The summed E-state index contributed by atoms with van der Waals surface area (Å²) in [5.74, 6) is -0.496. The van der Waals surface area contributed by atoms with Crippen LogP contribution < -0.4 is 5.32 Å². The van der Waals surface area contributed by atoms with Gasteiger partial charge in [0.25, 0.3) is 11.8 Å². The van der Waals surface area contributed by atoms with Gasteiger partial charge in [-0.25, -0.2) is 0 Å². The molecule has 20 heavy (non-hydrogen) atoms. The van der Waals surface area contributed by atoms with E-state index in [-0.39, 0.29) is 23.9 Å². The number of carbonyl (C=O) groups is 2. The number of hydrogen-bond acceptors (Lipinski definition) is 4. The predicted molar refractivity (Wildman–Crippen MR) is 73.4 cm³/mol. The largest absolute Gasteiger partial charge is 0.357 e. The number of carbonyl (C=O) groups excluding carboxylic acids is 2. The molecule has 1 aromatic carbocycles. The van der Waals surface area contributed by atoms with Gasteiger partial charge in [0.1, 0.15) is 5.72 Å². The van der Waals surface area contributed by atoms with Crippen molar-refractivity contribution < 1.29 is 14.3 Å². The fraction of sp³-hybridized carbons (Fsp3) is 0.467. The second kappa shape index (κ2) is 4.14. The predicted octanol–water partition coefficient (Wildman–Crippen LogP) is 1.40. The maximum absolute atomic E-state index is 12.3. The zero-order valence-corrected chi connectivity index (χ0v) is 11.9. The number of nitrogens with zero attached hydrogens (tertiary/aromatic N) is 1. The first kappa shape index (κ1) is 13.3. The normalized spacial score (nSPS) is 28.1. The lowest BCUT2D eigenvalue weighted by molar-refractivity contribution is -0.0142. The highest BCUT2D eigenvalue weighted by molar-refractivity contribution is 6.21. The zero-order valence-electron chi connectivity index (χ0n) is 11.9. The molecule has 0 aromatic heterocycles. The number of ether oxygens (including phenoxy) is 1. The van der Waals surface area contributed by atoms with Gasteiger partial charge in [-0.15, -0.1) is 0 Å². The van der Waals surface area contributed by atoms with Gasteiger partial charge in [-0.3, -0.25) is 19.8 Å². The third kappa shape index (κ3) is 2.03. The summed E-state index contributed by atoms with van der Waals surface area (Å²) in [7, 11) is 0. The van der Waals surface area contributed by atoms with Gasteiger partial charge in [-0.05, 0) is 32.9 Å². The molecule has 1 fully saturated rings. The lowest BCUT2D eigenvalue weighted by Crippen LogP contribution is -2.54. The molecular weight excluding hydrogens is 256 g/mol. The van der Waals surface area contributed by atoms with Crippen LogP contribution >= 0.6 is 0 Å². The molecule has 1 aromatic rings. The van der Waals surface area contributed by atoms with Crippen molar-refractivity contribution in [1.29, 1.82) is 0 Å². The van der Waals surface area contributed by atoms with Crippen LogP contribution in [0, 0.1) is 0 Å². The third-order valence-electron chi connectivity index (χ3n) is 3.69. The first-order valence-electron chi connectivity index (χ1n) is 6.70. The summed E-state index contributed by atoms with van der Waals surface area (Å²) in [5, 5.41) is 3.33. The topological polar surface area (TPSA) is 58.6 Å². The molecule has 3 rings (SSSR count). The molecule has 0 radical (unpaired) electrons. The lowest BCUT2D eigenvalue weighted by Gasteiger charge is -2.30. The first-order valence-corrected chi connectivity index (χ1v) is 6.70. The van der Waals surface area contributed by atoms with E-state index in [0.717, 1.165) is 0 Å². The molecule has 0 spiro atoms. The highest BCUT2D eigenvalue weighted by Crippen LogP contribution is 2.28. The number of hydrogen-bond donors (Lipinski definition) is 1. The molecule has 0 aliphatic carbocycles. The van der Waals surface area contributed by atoms with Crippen molar-refractivity contribution >= 4 is 11.8 Å². The van der Waals surface area contributed by atoms with Crippen molar-refractivity contribution in [3.63, 3.8) is 0 Å². The molecule has 2 heterocycles. The van der Waals surface area contributed by atoms with Crippen LogP contribution in [0.25, 0.3) is 0 Å². The van der Waals surface area contributed by atoms with Crippen molar-refractivity contribution in [2.75, 3.05) is 13.2 Å². The van der Waals surface area contributed by atoms with Crippen LogP contribution in [-0.4, -0.2) is 41.1 Å². The maximum Gasteiger partial charge on any atom is 0.261 e. The summed E-state index contributed by atoms with van der Waals surface area (Å²) in [6, 6.07) is 6.90. The van der Waals surface area contributed by atoms with Gasteiger partial charge in [-0.2, -0.15) is 0 Å². The van der Waals surface area contributed by atoms with Gasteiger partial charge >= 0.3 is 0 Å². The Kier molecular flexibility index (Phi) is 2.74. The SMILES string of the molecule is CC1(C)COC(C)(CN2C(=O)c3ccccc3C2=O)N1. The molecule has 5 heteroatoms. The standard InChI is InChI=1S/C15H18N2O3/c1-14(2)9-20-15(3,16-14)8-17-12(18)10-6-4-5-7-11(10)13(17)19/h4-7,16H,8-9H2,1-3H3. The molecule has 1 unspecified atom stereocenters. The van der Waals surface area contributed by atoms with E-state index in [1.165, 1.54) is 4.90 Å². The Labute approximate surface area is 117 Å². The van der Waals surface area contributed by atoms with E-state index in [0.29, 0.717) is 17.7 Å². The summed E-state index contributed by atoms with van der Waals surface area (Å²) in [4.78, 5) is 25.9. The Bertz CT molecular complexity index is 562. The van der Waals surface area contributed by atoms with Gasteiger partial charge in [-0.1, -0.05) is 12.1 Å². The second-order valence-electron chi connectivity index (χ2n) is 6.27. The number of imide groups is 1. The third-order valence-corrected chi connectivity index (χ3v) is 3.69. The molecule has 106 valence electrons. The molecule has 2 aliphatic heterocycles. The van der Waals surface area contributed by atoms with E-state index < -0.39 is 5.72 Å². The molecule has 0 saturated carbocycles. The number of fused-ring (bicyclic) bond motifs is 1. The van der Waals surface area contributed by atoms with Gasteiger partial charge in [0.05, 0.1) is 24.3 Å². The van der Waals surface area contributed by atoms with Gasteiger partial charge < -0.3 is 4.74 Å². The van der Waals surface area contributed by atoms with Crippen molar-refractivity contribution in [1.82, 2.24) is 10.2 Å². The minimum Gasteiger partial charge on any atom is -0.357 e. The Balaban J connectivity index is 1.84. The number of amides is 2. The van der Waals surface area contributed by atoms with Crippen LogP contribution in [0.3, 0.4) is 0 Å². The molecule has 0 bridgehead atoms. The van der Waals surface area contributed by atoms with E-state index in [1.54, 1.807) is 24.3 Å². The quantitative estimate of drug-likeness (QED) is 0.828. The molecular formula is C15H18N2O3. The van der Waals surface area contributed by atoms with Gasteiger partial charge in [0, 0.05) is 5.54 Å². The Morgan fingerprint density at radius 2 is 1.70 bits per heavy atom. The fourth-order valence-corrected chi connectivity index (χ4v) is 2.90. The highest BCUT2D eigenvalue weighted by Gasteiger charge is 2.45. The lowest BCUT2D eigenvalue weighted by atomic mass is 10.1. The number of rotatable bonds is 2. The molecule has 2 aliphatic rings. The van der Waals surface area contributed by atoms with Crippen LogP contribution in [-0.2, 0) is 4.74 Å². The van der Waals surface area contributed by atoms with Gasteiger partial charge in [0.2, 0.25) is 0 Å².